The molecule has 0 atom stereocenters. The summed E-state index contributed by atoms with van der Waals surface area (Å²) in [5.74, 6) is 14.4. The minimum atomic E-state index is -1.36. The van der Waals surface area contributed by atoms with Crippen molar-refractivity contribution in [2.24, 2.45) is 0 Å². The molecule has 0 radical (unpaired) electrons. The van der Waals surface area contributed by atoms with Crippen molar-refractivity contribution in [2.75, 3.05) is 18.8 Å². The van der Waals surface area contributed by atoms with Crippen LogP contribution in [0.4, 0.5) is 0 Å². The van der Waals surface area contributed by atoms with E-state index < -0.39 is 18.1 Å². The minimum absolute atomic E-state index is 0.771. The van der Waals surface area contributed by atoms with Crippen LogP contribution in [0.3, 0.4) is 0 Å². The van der Waals surface area contributed by atoms with Gasteiger partial charge in [0.25, 0.3) is 0 Å². The van der Waals surface area contributed by atoms with E-state index in [1.807, 2.05) is 0 Å². The van der Waals surface area contributed by atoms with Crippen molar-refractivity contribution in [1.82, 2.24) is 0 Å². The monoisotopic (exact) mass is 638 g/mol. The van der Waals surface area contributed by atoms with Crippen molar-refractivity contribution in [1.29, 1.82) is 0 Å². The van der Waals surface area contributed by atoms with Crippen molar-refractivity contribution in [3.8, 4) is 23.7 Å². The third-order valence-electron chi connectivity index (χ3n) is 8.24. The zero-order valence-corrected chi connectivity index (χ0v) is 29.4. The van der Waals surface area contributed by atoms with Crippen LogP contribution in [0.25, 0.3) is 41.7 Å². The second-order valence-corrected chi connectivity index (χ2v) is 24.3. The predicted octanol–water partition coefficient (Wildman–Crippen LogP) is 10.8. The van der Waals surface area contributed by atoms with Crippen LogP contribution in [0.2, 0.25) is 19.6 Å². The van der Waals surface area contributed by atoms with Gasteiger partial charge in [-0.2, -0.15) is 0 Å². The van der Waals surface area contributed by atoms with Gasteiger partial charge in [-0.1, -0.05) is 60.6 Å². The van der Waals surface area contributed by atoms with E-state index in [-0.39, 0.29) is 0 Å². The second kappa shape index (κ2) is 11.0. The Morgan fingerprint density at radius 2 is 0.955 bits per heavy atom. The van der Waals surface area contributed by atoms with Gasteiger partial charge in [0, 0.05) is 42.4 Å². The molecule has 2 heterocycles. The molecule has 216 valence electrons. The fourth-order valence-corrected chi connectivity index (χ4v) is 9.41. The highest BCUT2D eigenvalue weighted by atomic mass is 32.3. The first-order valence-corrected chi connectivity index (χ1v) is 22.9. The van der Waals surface area contributed by atoms with E-state index in [1.54, 1.807) is 22.7 Å². The van der Waals surface area contributed by atoms with E-state index in [2.05, 4.69) is 158 Å². The molecule has 7 rings (SSSR count). The van der Waals surface area contributed by atoms with Crippen LogP contribution in [0.5, 0.6) is 0 Å². The molecule has 4 heteroatoms. The van der Waals surface area contributed by atoms with Crippen LogP contribution in [0.1, 0.15) is 22.3 Å². The molecule has 0 fully saturated rings. The number of benzene rings is 5. The fourth-order valence-electron chi connectivity index (χ4n) is 5.68. The molecular weight excluding hydrogens is 605 g/mol. The Kier molecular flexibility index (Phi) is 7.23. The number of rotatable bonds is 2. The third kappa shape index (κ3) is 5.49. The summed E-state index contributed by atoms with van der Waals surface area (Å²) in [4.78, 5) is 1.40. The molecule has 0 aliphatic heterocycles. The molecule has 0 amide bonds. The van der Waals surface area contributed by atoms with Crippen LogP contribution < -0.4 is 5.19 Å². The van der Waals surface area contributed by atoms with Crippen LogP contribution in [-0.4, -0.2) is 26.8 Å². The Bertz CT molecular complexity index is 2080. The van der Waals surface area contributed by atoms with Gasteiger partial charge in [0.1, 0.15) is 0 Å². The first-order valence-electron chi connectivity index (χ1n) is 14.8. The molecule has 0 N–H and O–H groups in total. The largest absolute Gasteiger partial charge is 0.223 e. The predicted molar refractivity (Wildman–Crippen MR) is 204 cm³/mol. The Morgan fingerprint density at radius 1 is 0.523 bits per heavy atom. The lowest BCUT2D eigenvalue weighted by Crippen LogP contribution is -2.37. The van der Waals surface area contributed by atoms with Crippen LogP contribution >= 0.6 is 32.7 Å². The Hall–Kier alpha value is -3.77. The van der Waals surface area contributed by atoms with Gasteiger partial charge in [-0.15, -0.1) is 22.7 Å². The van der Waals surface area contributed by atoms with Crippen molar-refractivity contribution in [3.05, 3.63) is 118 Å². The molecule has 0 aliphatic carbocycles. The lowest BCUT2D eigenvalue weighted by atomic mass is 9.90. The van der Waals surface area contributed by atoms with Crippen LogP contribution in [-0.2, 0) is 0 Å². The first-order chi connectivity index (χ1) is 21.0. The average Bonchev–Trinajstić information content (AvgIpc) is 3.65. The van der Waals surface area contributed by atoms with Crippen molar-refractivity contribution >= 4 is 87.7 Å². The normalized spacial score (nSPS) is 12.3. The molecule has 5 aromatic carbocycles. The summed E-state index contributed by atoms with van der Waals surface area (Å²) < 4.78 is 2.55. The van der Waals surface area contributed by atoms with Gasteiger partial charge in [-0.05, 0) is 129 Å². The summed E-state index contributed by atoms with van der Waals surface area (Å²) in [6, 6.07) is 31.5. The molecule has 7 aromatic rings. The van der Waals surface area contributed by atoms with Crippen LogP contribution in [0, 0.1) is 23.7 Å². The smallest absolute Gasteiger partial charge is 0.0775 e. The highest BCUT2D eigenvalue weighted by molar-refractivity contribution is 8.32. The lowest BCUT2D eigenvalue weighted by Gasteiger charge is -2.25. The molecule has 0 spiro atoms. The third-order valence-corrected chi connectivity index (χ3v) is 13.7. The summed E-state index contributed by atoms with van der Waals surface area (Å²) in [6.07, 6.45) is 6.99. The maximum absolute atomic E-state index is 3.66. The minimum Gasteiger partial charge on any atom is -0.223 e. The molecule has 0 saturated heterocycles. The van der Waals surface area contributed by atoms with Gasteiger partial charge >= 0.3 is 0 Å². The van der Waals surface area contributed by atoms with E-state index in [0.29, 0.717) is 0 Å². The average molecular weight is 639 g/mol. The van der Waals surface area contributed by atoms with E-state index in [0.717, 1.165) is 22.3 Å². The maximum atomic E-state index is 3.66. The number of hydrogen-bond donors (Lipinski definition) is 0. The van der Waals surface area contributed by atoms with Crippen LogP contribution in [0.15, 0.2) is 101 Å². The van der Waals surface area contributed by atoms with Gasteiger partial charge < -0.3 is 0 Å². The van der Waals surface area contributed by atoms with Crippen molar-refractivity contribution in [2.45, 2.75) is 24.5 Å². The second-order valence-electron chi connectivity index (χ2n) is 13.2. The summed E-state index contributed by atoms with van der Waals surface area (Å²) in [5.41, 5.74) is 4.24. The fraction of sp³-hybridized carbons (Fsp3) is 0.150. The lowest BCUT2D eigenvalue weighted by molar-refractivity contribution is 1.42. The summed E-state index contributed by atoms with van der Waals surface area (Å²) in [6.45, 7) is 7.15. The number of fused-ring (bicyclic) bond motifs is 4. The quantitative estimate of drug-likeness (QED) is 0.100. The molecule has 0 bridgehead atoms. The maximum Gasteiger partial charge on any atom is 0.0775 e. The molecule has 0 nitrogen and oxygen atoms in total. The molecule has 2 aromatic heterocycles. The Morgan fingerprint density at radius 3 is 1.39 bits per heavy atom. The Balaban J connectivity index is 1.49. The van der Waals surface area contributed by atoms with E-state index in [9.17, 15) is 0 Å². The van der Waals surface area contributed by atoms with E-state index in [4.69, 9.17) is 0 Å². The van der Waals surface area contributed by atoms with Gasteiger partial charge in [-0.25, -0.2) is 10.0 Å². The van der Waals surface area contributed by atoms with Gasteiger partial charge in [-0.3, -0.25) is 0 Å². The zero-order chi connectivity index (χ0) is 30.6. The number of hydrogen-bond acceptors (Lipinski definition) is 2. The van der Waals surface area contributed by atoms with Gasteiger partial charge in [0.05, 0.1) is 8.07 Å². The molecule has 0 saturated carbocycles. The SMILES string of the molecule is C[Si](C)(C)c1ccc(C#Cc2c3cc4ccsc4cc3c(C#Cc3ccc(S(C)(C)C)cc3)c3cc4ccsc4cc23)cc1. The summed E-state index contributed by atoms with van der Waals surface area (Å²) in [7, 11) is -2.13. The first kappa shape index (κ1) is 29.0. The van der Waals surface area contributed by atoms with Crippen molar-refractivity contribution in [3.63, 3.8) is 0 Å². The molecule has 44 heavy (non-hydrogen) atoms. The Labute approximate surface area is 271 Å². The zero-order valence-electron chi connectivity index (χ0n) is 26.0. The number of thiophene rings is 2. The summed E-state index contributed by atoms with van der Waals surface area (Å²) in [5, 5.41) is 13.0. The highest BCUT2D eigenvalue weighted by Crippen LogP contribution is 2.45. The molecule has 0 aliphatic rings. The van der Waals surface area contributed by atoms with Gasteiger partial charge in [0.15, 0.2) is 0 Å². The summed E-state index contributed by atoms with van der Waals surface area (Å²) >= 11 is 3.56. The van der Waals surface area contributed by atoms with E-state index in [1.165, 1.54) is 51.8 Å². The molecular formula is C40H34S3Si. The van der Waals surface area contributed by atoms with Gasteiger partial charge in [0.2, 0.25) is 0 Å². The highest BCUT2D eigenvalue weighted by Gasteiger charge is 2.17. The standard InChI is InChI=1S/C40H34S3Si/c1-43(2,3)31-13-7-27(8-14-31)11-17-33-35-23-29-19-21-42-40(29)26-38(35)34(36-24-30-20-22-41-39(30)25-37(33)36)18-12-28-9-15-32(16-10-28)44(4,5)6/h7-10,13-16,19-26H,1-6H3. The van der Waals surface area contributed by atoms with Crippen molar-refractivity contribution < 1.29 is 0 Å². The molecule has 0 unspecified atom stereocenters. The topological polar surface area (TPSA) is 0 Å². The van der Waals surface area contributed by atoms with E-state index >= 15 is 0 Å².